The van der Waals surface area contributed by atoms with Crippen molar-refractivity contribution in [1.29, 1.82) is 0 Å². The quantitative estimate of drug-likeness (QED) is 0.498. The molecule has 1 saturated heterocycles. The molecule has 1 rings (SSSR count). The number of likely N-dealkylation sites (tertiary alicyclic amines) is 1. The van der Waals surface area contributed by atoms with E-state index in [1.54, 1.807) is 0 Å². The lowest BCUT2D eigenvalue weighted by Gasteiger charge is -2.21. The minimum Gasteiger partial charge on any atom is -0.448 e. The molecule has 1 heterocycles. The maximum atomic E-state index is 12.0. The van der Waals surface area contributed by atoms with E-state index in [0.717, 1.165) is 6.42 Å². The molecule has 3 N–H and O–H groups in total. The Balaban J connectivity index is 2.43. The van der Waals surface area contributed by atoms with Crippen LogP contribution in [0.5, 0.6) is 0 Å². The second-order valence-electron chi connectivity index (χ2n) is 4.24. The van der Waals surface area contributed by atoms with Crippen molar-refractivity contribution in [3.63, 3.8) is 0 Å². The normalized spacial score (nSPS) is 21.2. The van der Waals surface area contributed by atoms with E-state index < -0.39 is 12.1 Å². The van der Waals surface area contributed by atoms with Crippen LogP contribution in [0.2, 0.25) is 0 Å². The molecule has 0 aromatic heterocycles. The Kier molecular flexibility index (Phi) is 5.08. The van der Waals surface area contributed by atoms with E-state index >= 15 is 0 Å². The average Bonchev–Trinajstić information content (AvgIpc) is 2.59. The molecule has 0 bridgehead atoms. The summed E-state index contributed by atoms with van der Waals surface area (Å²) < 4.78 is 4.53. The monoisotopic (exact) mass is 257 g/mol. The van der Waals surface area contributed by atoms with Gasteiger partial charge in [0.15, 0.2) is 0 Å². The van der Waals surface area contributed by atoms with Crippen LogP contribution in [0.4, 0.5) is 4.79 Å². The lowest BCUT2D eigenvalue weighted by Crippen LogP contribution is -2.43. The smallest absolute Gasteiger partial charge is 0.404 e. The van der Waals surface area contributed by atoms with Gasteiger partial charge < -0.3 is 15.8 Å². The lowest BCUT2D eigenvalue weighted by molar-refractivity contribution is -0.141. The molecule has 2 atom stereocenters. The Morgan fingerprint density at radius 2 is 2.28 bits per heavy atom. The van der Waals surface area contributed by atoms with Gasteiger partial charge in [-0.3, -0.25) is 14.5 Å². The summed E-state index contributed by atoms with van der Waals surface area (Å²) in [6.07, 6.45) is 0.0289. The van der Waals surface area contributed by atoms with Crippen LogP contribution in [0.1, 0.15) is 26.7 Å². The number of hydrogen-bond donors (Lipinski definition) is 2. The molecular weight excluding hydrogens is 238 g/mol. The van der Waals surface area contributed by atoms with Crippen molar-refractivity contribution in [2.24, 2.45) is 5.73 Å². The number of carbonyl (C=O) groups is 3. The third-order valence-corrected chi connectivity index (χ3v) is 2.95. The third kappa shape index (κ3) is 3.43. The predicted molar refractivity (Wildman–Crippen MR) is 63.5 cm³/mol. The van der Waals surface area contributed by atoms with Crippen molar-refractivity contribution in [1.82, 2.24) is 10.2 Å². The fraction of sp³-hybridized carbons (Fsp3) is 0.727. The summed E-state index contributed by atoms with van der Waals surface area (Å²) in [5, 5.41) is 2.88. The number of hydrogen-bond acceptors (Lipinski definition) is 5. The molecule has 0 aliphatic carbocycles. The lowest BCUT2D eigenvalue weighted by atomic mass is 10.2. The first-order chi connectivity index (χ1) is 8.47. The minimum absolute atomic E-state index is 0.0800. The van der Waals surface area contributed by atoms with E-state index in [4.69, 9.17) is 5.73 Å². The van der Waals surface area contributed by atoms with Gasteiger partial charge in [0.05, 0.1) is 12.5 Å². The van der Waals surface area contributed by atoms with E-state index in [9.17, 15) is 14.4 Å². The van der Waals surface area contributed by atoms with Crippen LogP contribution >= 0.6 is 0 Å². The molecule has 0 aromatic rings. The predicted octanol–water partition coefficient (Wildman–Crippen LogP) is -0.403. The number of ether oxygens (including phenoxy) is 1. The number of amides is 3. The first-order valence-corrected chi connectivity index (χ1v) is 5.98. The summed E-state index contributed by atoms with van der Waals surface area (Å²) in [5.74, 6) is -0.379. The second kappa shape index (κ2) is 6.34. The second-order valence-corrected chi connectivity index (χ2v) is 4.24. The summed E-state index contributed by atoms with van der Waals surface area (Å²) in [6, 6.07) is -0.610. The first-order valence-electron chi connectivity index (χ1n) is 5.98. The Labute approximate surface area is 106 Å². The van der Waals surface area contributed by atoms with Crippen LogP contribution in [-0.2, 0) is 14.3 Å². The Hall–Kier alpha value is -1.63. The van der Waals surface area contributed by atoms with Crippen molar-refractivity contribution in [3.05, 3.63) is 0 Å². The van der Waals surface area contributed by atoms with Gasteiger partial charge in [0.1, 0.15) is 6.61 Å². The highest BCUT2D eigenvalue weighted by molar-refractivity contribution is 6.05. The van der Waals surface area contributed by atoms with E-state index in [1.165, 1.54) is 4.90 Å². The van der Waals surface area contributed by atoms with Crippen LogP contribution in [0, 0.1) is 0 Å². The van der Waals surface area contributed by atoms with Crippen molar-refractivity contribution in [2.45, 2.75) is 38.8 Å². The first kappa shape index (κ1) is 14.4. The van der Waals surface area contributed by atoms with Crippen LogP contribution in [0.25, 0.3) is 0 Å². The van der Waals surface area contributed by atoms with Crippen LogP contribution in [-0.4, -0.2) is 48.0 Å². The van der Waals surface area contributed by atoms with Crippen molar-refractivity contribution in [3.8, 4) is 0 Å². The Morgan fingerprint density at radius 1 is 1.61 bits per heavy atom. The number of nitrogens with two attached hydrogens (primary N) is 1. The van der Waals surface area contributed by atoms with E-state index in [-0.39, 0.29) is 30.9 Å². The van der Waals surface area contributed by atoms with Gasteiger partial charge in [-0.05, 0) is 13.3 Å². The standard InChI is InChI=1S/C11H19N3O4/c1-3-7(2)14-9(15)6-8(10(14)16)13-4-5-18-11(12)17/h7-8,13H,3-6H2,1-2H3,(H2,12,17). The summed E-state index contributed by atoms with van der Waals surface area (Å²) in [6.45, 7) is 4.14. The molecule has 0 radical (unpaired) electrons. The van der Waals surface area contributed by atoms with Gasteiger partial charge in [0.2, 0.25) is 11.8 Å². The van der Waals surface area contributed by atoms with Gasteiger partial charge in [-0.1, -0.05) is 6.92 Å². The number of primary amides is 1. The number of nitrogens with zero attached hydrogens (tertiary/aromatic N) is 1. The Morgan fingerprint density at radius 3 is 2.83 bits per heavy atom. The van der Waals surface area contributed by atoms with Crippen molar-refractivity contribution >= 4 is 17.9 Å². The summed E-state index contributed by atoms with van der Waals surface area (Å²) in [5.41, 5.74) is 4.80. The van der Waals surface area contributed by atoms with Gasteiger partial charge >= 0.3 is 6.09 Å². The average molecular weight is 257 g/mol. The van der Waals surface area contributed by atoms with Gasteiger partial charge in [0, 0.05) is 12.6 Å². The fourth-order valence-electron chi connectivity index (χ4n) is 1.84. The van der Waals surface area contributed by atoms with Crippen LogP contribution < -0.4 is 11.1 Å². The number of imide groups is 1. The van der Waals surface area contributed by atoms with Gasteiger partial charge in [0.25, 0.3) is 0 Å². The van der Waals surface area contributed by atoms with E-state index in [2.05, 4.69) is 10.1 Å². The zero-order chi connectivity index (χ0) is 13.7. The van der Waals surface area contributed by atoms with Crippen molar-refractivity contribution in [2.75, 3.05) is 13.2 Å². The van der Waals surface area contributed by atoms with Gasteiger partial charge in [-0.2, -0.15) is 0 Å². The SMILES string of the molecule is CCC(C)N1C(=O)CC(NCCOC(N)=O)C1=O. The van der Waals surface area contributed by atoms with Gasteiger partial charge in [-0.25, -0.2) is 4.79 Å². The molecule has 7 heteroatoms. The molecule has 0 spiro atoms. The molecule has 1 aliphatic rings. The zero-order valence-electron chi connectivity index (χ0n) is 10.6. The fourth-order valence-corrected chi connectivity index (χ4v) is 1.84. The molecule has 2 unspecified atom stereocenters. The molecule has 102 valence electrons. The topological polar surface area (TPSA) is 102 Å². The minimum atomic E-state index is -0.855. The highest BCUT2D eigenvalue weighted by Gasteiger charge is 2.40. The highest BCUT2D eigenvalue weighted by Crippen LogP contribution is 2.17. The molecule has 18 heavy (non-hydrogen) atoms. The maximum Gasteiger partial charge on any atom is 0.404 e. The van der Waals surface area contributed by atoms with Crippen molar-refractivity contribution < 1.29 is 19.1 Å². The molecular formula is C11H19N3O4. The van der Waals surface area contributed by atoms with E-state index in [0.29, 0.717) is 6.54 Å². The molecule has 1 aliphatic heterocycles. The van der Waals surface area contributed by atoms with Crippen LogP contribution in [0.15, 0.2) is 0 Å². The molecule has 3 amide bonds. The molecule has 1 fully saturated rings. The molecule has 0 aromatic carbocycles. The molecule has 7 nitrogen and oxygen atoms in total. The highest BCUT2D eigenvalue weighted by atomic mass is 16.5. The summed E-state index contributed by atoms with van der Waals surface area (Å²) >= 11 is 0. The van der Waals surface area contributed by atoms with E-state index in [1.807, 2.05) is 13.8 Å². The zero-order valence-corrected chi connectivity index (χ0v) is 10.6. The number of nitrogens with one attached hydrogen (secondary N) is 1. The van der Waals surface area contributed by atoms with Crippen LogP contribution in [0.3, 0.4) is 0 Å². The summed E-state index contributed by atoms with van der Waals surface area (Å²) in [4.78, 5) is 35.3. The maximum absolute atomic E-state index is 12.0. The summed E-state index contributed by atoms with van der Waals surface area (Å²) in [7, 11) is 0. The number of rotatable bonds is 6. The third-order valence-electron chi connectivity index (χ3n) is 2.95. The molecule has 0 saturated carbocycles. The Bertz CT molecular complexity index is 345. The largest absolute Gasteiger partial charge is 0.448 e. The number of carbonyl (C=O) groups excluding carboxylic acids is 3. The van der Waals surface area contributed by atoms with Gasteiger partial charge in [-0.15, -0.1) is 0 Å².